The fourth-order valence-corrected chi connectivity index (χ4v) is 6.02. The summed E-state index contributed by atoms with van der Waals surface area (Å²) in [5.74, 6) is 0.234. The van der Waals surface area contributed by atoms with Gasteiger partial charge < -0.3 is 19.7 Å². The zero-order chi connectivity index (χ0) is 30.0. The van der Waals surface area contributed by atoms with Gasteiger partial charge in [-0.3, -0.25) is 9.59 Å². The van der Waals surface area contributed by atoms with E-state index in [0.717, 1.165) is 24.0 Å². The molecule has 1 aliphatic rings. The van der Waals surface area contributed by atoms with Crippen molar-refractivity contribution < 1.29 is 27.5 Å². The van der Waals surface area contributed by atoms with Gasteiger partial charge in [-0.05, 0) is 60.2 Å². The first-order valence-corrected chi connectivity index (χ1v) is 15.7. The molecule has 0 spiro atoms. The van der Waals surface area contributed by atoms with Crippen molar-refractivity contribution in [3.63, 3.8) is 0 Å². The molecular weight excluding hydrogens is 554 g/mol. The van der Waals surface area contributed by atoms with Crippen molar-refractivity contribution in [1.82, 2.24) is 14.9 Å². The lowest BCUT2D eigenvalue weighted by atomic mass is 10.0. The molecule has 1 heterocycles. The summed E-state index contributed by atoms with van der Waals surface area (Å²) in [5.41, 5.74) is 2.39. The summed E-state index contributed by atoms with van der Waals surface area (Å²) in [6.07, 6.45) is 2.35. The maximum absolute atomic E-state index is 13.9. The SMILES string of the molecule is CCNS(=O)(=O)c1ccc(CCC(=O)N(Cc2ccc(OC)cc2)C(C(=O)NCC2CCCO2)c2ccccc2)cc1. The molecule has 0 bridgehead atoms. The highest BCUT2D eigenvalue weighted by molar-refractivity contribution is 7.89. The molecule has 2 N–H and O–H groups in total. The van der Waals surface area contributed by atoms with Crippen LogP contribution in [0.2, 0.25) is 0 Å². The fraction of sp³-hybridized carbons (Fsp3) is 0.375. The standard InChI is InChI=1S/C32H39N3O6S/c1-3-34-42(38,39)29-18-13-24(14-19-29)15-20-30(36)35(23-25-11-16-27(40-2)17-12-25)31(26-8-5-4-6-9-26)32(37)33-22-28-10-7-21-41-28/h4-6,8-9,11-14,16-19,28,31,34H,3,7,10,15,20-23H2,1-2H3,(H,33,37). The minimum absolute atomic E-state index is 0.0320. The van der Waals surface area contributed by atoms with E-state index in [9.17, 15) is 18.0 Å². The second-order valence-electron chi connectivity index (χ2n) is 10.2. The largest absolute Gasteiger partial charge is 0.497 e. The summed E-state index contributed by atoms with van der Waals surface area (Å²) in [6.45, 7) is 3.31. The Morgan fingerprint density at radius 2 is 1.69 bits per heavy atom. The Balaban J connectivity index is 1.57. The molecule has 4 rings (SSSR count). The Hall–Kier alpha value is -3.73. The Morgan fingerprint density at radius 1 is 1.00 bits per heavy atom. The second-order valence-corrected chi connectivity index (χ2v) is 12.0. The van der Waals surface area contributed by atoms with Gasteiger partial charge in [0.05, 0.1) is 18.1 Å². The lowest BCUT2D eigenvalue weighted by Gasteiger charge is -2.32. The number of amides is 2. The predicted molar refractivity (Wildman–Crippen MR) is 160 cm³/mol. The number of ether oxygens (including phenoxy) is 2. The number of methoxy groups -OCH3 is 1. The molecule has 0 radical (unpaired) electrons. The topological polar surface area (TPSA) is 114 Å². The van der Waals surface area contributed by atoms with Crippen LogP contribution in [0, 0.1) is 0 Å². The zero-order valence-electron chi connectivity index (χ0n) is 24.1. The molecule has 1 aliphatic heterocycles. The fourth-order valence-electron chi connectivity index (χ4n) is 4.98. The maximum Gasteiger partial charge on any atom is 0.247 e. The van der Waals surface area contributed by atoms with E-state index in [1.54, 1.807) is 31.1 Å². The molecule has 10 heteroatoms. The average molecular weight is 594 g/mol. The molecule has 9 nitrogen and oxygen atoms in total. The van der Waals surface area contributed by atoms with Gasteiger partial charge in [0.2, 0.25) is 21.8 Å². The van der Waals surface area contributed by atoms with E-state index in [0.29, 0.717) is 37.4 Å². The minimum Gasteiger partial charge on any atom is -0.497 e. The van der Waals surface area contributed by atoms with Crippen molar-refractivity contribution in [3.8, 4) is 5.75 Å². The van der Waals surface area contributed by atoms with E-state index in [-0.39, 0.29) is 35.8 Å². The highest BCUT2D eigenvalue weighted by Gasteiger charge is 2.32. The quantitative estimate of drug-likeness (QED) is 0.292. The van der Waals surface area contributed by atoms with E-state index < -0.39 is 16.1 Å². The van der Waals surface area contributed by atoms with Crippen molar-refractivity contribution in [2.45, 2.75) is 56.2 Å². The number of carbonyl (C=O) groups excluding carboxylic acids is 2. The van der Waals surface area contributed by atoms with Gasteiger partial charge in [-0.2, -0.15) is 0 Å². The molecular formula is C32H39N3O6S. The molecule has 2 unspecified atom stereocenters. The van der Waals surface area contributed by atoms with Gasteiger partial charge in [0.15, 0.2) is 0 Å². The third kappa shape index (κ3) is 8.40. The molecule has 1 saturated heterocycles. The maximum atomic E-state index is 13.9. The monoisotopic (exact) mass is 593 g/mol. The van der Waals surface area contributed by atoms with Crippen LogP contribution < -0.4 is 14.8 Å². The predicted octanol–water partition coefficient (Wildman–Crippen LogP) is 3.99. The summed E-state index contributed by atoms with van der Waals surface area (Å²) in [4.78, 5) is 29.5. The number of hydrogen-bond acceptors (Lipinski definition) is 6. The van der Waals surface area contributed by atoms with Crippen LogP contribution >= 0.6 is 0 Å². The van der Waals surface area contributed by atoms with Gasteiger partial charge in [-0.1, -0.05) is 61.5 Å². The molecule has 2 atom stereocenters. The van der Waals surface area contributed by atoms with Crippen LogP contribution in [0.1, 0.15) is 48.9 Å². The van der Waals surface area contributed by atoms with E-state index in [1.165, 1.54) is 12.1 Å². The van der Waals surface area contributed by atoms with Crippen molar-refractivity contribution in [2.24, 2.45) is 0 Å². The highest BCUT2D eigenvalue weighted by atomic mass is 32.2. The molecule has 3 aromatic carbocycles. The molecule has 2 amide bonds. The number of hydrogen-bond donors (Lipinski definition) is 2. The van der Waals surface area contributed by atoms with Crippen LogP contribution in [0.5, 0.6) is 5.75 Å². The molecule has 1 fully saturated rings. The molecule has 0 aliphatic carbocycles. The number of nitrogens with zero attached hydrogens (tertiary/aromatic N) is 1. The summed E-state index contributed by atoms with van der Waals surface area (Å²) in [7, 11) is -1.97. The first kappa shape index (κ1) is 31.2. The smallest absolute Gasteiger partial charge is 0.247 e. The Bertz CT molecular complexity index is 1410. The lowest BCUT2D eigenvalue weighted by Crippen LogP contribution is -2.45. The van der Waals surface area contributed by atoms with Crippen LogP contribution in [-0.4, -0.2) is 58.0 Å². The van der Waals surface area contributed by atoms with Gasteiger partial charge in [-0.25, -0.2) is 13.1 Å². The Labute approximate surface area is 248 Å². The third-order valence-electron chi connectivity index (χ3n) is 7.23. The molecule has 224 valence electrons. The van der Waals surface area contributed by atoms with E-state index in [1.807, 2.05) is 54.6 Å². The zero-order valence-corrected chi connectivity index (χ0v) is 24.9. The number of benzene rings is 3. The molecule has 0 saturated carbocycles. The van der Waals surface area contributed by atoms with Gasteiger partial charge in [0.1, 0.15) is 11.8 Å². The summed E-state index contributed by atoms with van der Waals surface area (Å²) in [6, 6.07) is 22.4. The first-order chi connectivity index (χ1) is 20.3. The third-order valence-corrected chi connectivity index (χ3v) is 8.79. The van der Waals surface area contributed by atoms with Crippen molar-refractivity contribution in [3.05, 3.63) is 95.6 Å². The summed E-state index contributed by atoms with van der Waals surface area (Å²) in [5, 5.41) is 3.03. The minimum atomic E-state index is -3.56. The van der Waals surface area contributed by atoms with Gasteiger partial charge >= 0.3 is 0 Å². The number of rotatable bonds is 14. The molecule has 0 aromatic heterocycles. The second kappa shape index (κ2) is 14.9. The number of carbonyl (C=O) groups is 2. The van der Waals surface area contributed by atoms with E-state index >= 15 is 0 Å². The van der Waals surface area contributed by atoms with Crippen LogP contribution in [0.3, 0.4) is 0 Å². The van der Waals surface area contributed by atoms with Gasteiger partial charge in [0.25, 0.3) is 0 Å². The van der Waals surface area contributed by atoms with Crippen molar-refractivity contribution in [2.75, 3.05) is 26.8 Å². The van der Waals surface area contributed by atoms with E-state index in [4.69, 9.17) is 9.47 Å². The number of aryl methyl sites for hydroxylation is 1. The Morgan fingerprint density at radius 3 is 2.31 bits per heavy atom. The summed E-state index contributed by atoms with van der Waals surface area (Å²) >= 11 is 0. The summed E-state index contributed by atoms with van der Waals surface area (Å²) < 4.78 is 38.1. The van der Waals surface area contributed by atoms with Crippen LogP contribution in [0.25, 0.3) is 0 Å². The molecule has 3 aromatic rings. The lowest BCUT2D eigenvalue weighted by molar-refractivity contribution is -0.141. The van der Waals surface area contributed by atoms with Crippen molar-refractivity contribution in [1.29, 1.82) is 0 Å². The number of sulfonamides is 1. The van der Waals surface area contributed by atoms with Crippen LogP contribution in [0.15, 0.2) is 83.8 Å². The normalized spacial score (nSPS) is 15.6. The van der Waals surface area contributed by atoms with Gasteiger partial charge in [-0.15, -0.1) is 0 Å². The number of nitrogens with one attached hydrogen (secondary N) is 2. The van der Waals surface area contributed by atoms with Crippen LogP contribution in [-0.2, 0) is 37.3 Å². The van der Waals surface area contributed by atoms with Crippen molar-refractivity contribution >= 4 is 21.8 Å². The first-order valence-electron chi connectivity index (χ1n) is 14.3. The van der Waals surface area contributed by atoms with Crippen LogP contribution in [0.4, 0.5) is 0 Å². The highest BCUT2D eigenvalue weighted by Crippen LogP contribution is 2.26. The average Bonchev–Trinajstić information content (AvgIpc) is 3.53. The molecule has 42 heavy (non-hydrogen) atoms. The van der Waals surface area contributed by atoms with Gasteiger partial charge in [0, 0.05) is 32.7 Å². The Kier molecular flexibility index (Phi) is 11.1. The van der Waals surface area contributed by atoms with E-state index in [2.05, 4.69) is 10.0 Å².